The van der Waals surface area contributed by atoms with Crippen LogP contribution in [-0.2, 0) is 7.05 Å². The average molecular weight is 220 g/mol. The number of anilines is 1. The number of aromatic nitrogens is 2. The summed E-state index contributed by atoms with van der Waals surface area (Å²) in [5, 5.41) is 3.63. The van der Waals surface area contributed by atoms with Crippen LogP contribution < -0.4 is 10.2 Å². The Hall–Kier alpha value is -1.03. The van der Waals surface area contributed by atoms with E-state index in [-0.39, 0.29) is 0 Å². The van der Waals surface area contributed by atoms with Crippen LogP contribution in [0.2, 0.25) is 0 Å². The molecule has 2 atom stereocenters. The van der Waals surface area contributed by atoms with Crippen LogP contribution in [-0.4, -0.2) is 35.2 Å². The predicted molar refractivity (Wildman–Crippen MR) is 64.7 cm³/mol. The highest BCUT2D eigenvalue weighted by molar-refractivity contribution is 5.36. The van der Waals surface area contributed by atoms with Gasteiger partial charge < -0.3 is 14.8 Å². The Kier molecular flexibility index (Phi) is 2.39. The van der Waals surface area contributed by atoms with E-state index in [1.807, 2.05) is 0 Å². The van der Waals surface area contributed by atoms with Crippen LogP contribution >= 0.6 is 0 Å². The molecule has 1 aromatic rings. The van der Waals surface area contributed by atoms with E-state index in [9.17, 15) is 0 Å². The molecule has 2 aliphatic heterocycles. The smallest absolute Gasteiger partial charge is 0.205 e. The number of aryl methyl sites for hydroxylation is 2. The van der Waals surface area contributed by atoms with Gasteiger partial charge in [0.2, 0.25) is 5.95 Å². The number of imidazole rings is 1. The molecular formula is C12H20N4. The van der Waals surface area contributed by atoms with Gasteiger partial charge in [0, 0.05) is 32.4 Å². The van der Waals surface area contributed by atoms with E-state index in [0.29, 0.717) is 6.04 Å². The van der Waals surface area contributed by atoms with Crippen molar-refractivity contribution in [3.63, 3.8) is 0 Å². The molecule has 1 aromatic heterocycles. The van der Waals surface area contributed by atoms with Gasteiger partial charge in [0.15, 0.2) is 0 Å². The molecule has 88 valence electrons. The first-order valence-corrected chi connectivity index (χ1v) is 6.22. The van der Waals surface area contributed by atoms with Gasteiger partial charge in [-0.15, -0.1) is 0 Å². The van der Waals surface area contributed by atoms with Crippen molar-refractivity contribution in [1.29, 1.82) is 0 Å². The lowest BCUT2D eigenvalue weighted by Crippen LogP contribution is -2.40. The molecule has 0 spiro atoms. The Bertz CT molecular complexity index is 370. The van der Waals surface area contributed by atoms with E-state index in [1.54, 1.807) is 0 Å². The summed E-state index contributed by atoms with van der Waals surface area (Å²) in [5.74, 6) is 1.96. The van der Waals surface area contributed by atoms with E-state index in [1.165, 1.54) is 25.9 Å². The van der Waals surface area contributed by atoms with Crippen LogP contribution in [0.25, 0.3) is 0 Å². The van der Waals surface area contributed by atoms with E-state index in [4.69, 9.17) is 0 Å². The second kappa shape index (κ2) is 3.77. The van der Waals surface area contributed by atoms with E-state index < -0.39 is 0 Å². The highest BCUT2D eigenvalue weighted by Gasteiger charge is 2.35. The zero-order valence-electron chi connectivity index (χ0n) is 10.1. The van der Waals surface area contributed by atoms with Crippen molar-refractivity contribution in [2.45, 2.75) is 25.8 Å². The maximum atomic E-state index is 4.61. The Morgan fingerprint density at radius 1 is 1.44 bits per heavy atom. The molecule has 2 saturated heterocycles. The first-order chi connectivity index (χ1) is 7.74. The molecule has 3 heterocycles. The van der Waals surface area contributed by atoms with E-state index >= 15 is 0 Å². The number of hydrogen-bond donors (Lipinski definition) is 1. The zero-order valence-corrected chi connectivity index (χ0v) is 10.1. The van der Waals surface area contributed by atoms with Crippen molar-refractivity contribution in [3.05, 3.63) is 11.9 Å². The van der Waals surface area contributed by atoms with Crippen molar-refractivity contribution in [2.24, 2.45) is 13.0 Å². The van der Waals surface area contributed by atoms with Crippen LogP contribution in [0, 0.1) is 12.8 Å². The van der Waals surface area contributed by atoms with Gasteiger partial charge in [-0.05, 0) is 32.2 Å². The first kappa shape index (κ1) is 10.1. The molecule has 1 N–H and O–H groups in total. The van der Waals surface area contributed by atoms with Gasteiger partial charge in [-0.3, -0.25) is 0 Å². The van der Waals surface area contributed by atoms with Crippen LogP contribution in [0.5, 0.6) is 0 Å². The largest absolute Gasteiger partial charge is 0.340 e. The number of rotatable bonds is 1. The zero-order chi connectivity index (χ0) is 11.1. The third-order valence-electron chi connectivity index (χ3n) is 3.85. The molecule has 16 heavy (non-hydrogen) atoms. The molecule has 2 fully saturated rings. The summed E-state index contributed by atoms with van der Waals surface area (Å²) < 4.78 is 2.15. The van der Waals surface area contributed by atoms with Gasteiger partial charge >= 0.3 is 0 Å². The topological polar surface area (TPSA) is 33.1 Å². The average Bonchev–Trinajstić information content (AvgIpc) is 2.81. The third-order valence-corrected chi connectivity index (χ3v) is 3.85. The Balaban J connectivity index is 1.79. The highest BCUT2D eigenvalue weighted by Crippen LogP contribution is 2.28. The normalized spacial score (nSPS) is 29.5. The molecule has 0 aromatic carbocycles. The fourth-order valence-electron chi connectivity index (χ4n) is 3.11. The SMILES string of the molecule is Cc1cn(C)c(N2CC3CCCNC3C2)n1. The van der Waals surface area contributed by atoms with Crippen molar-refractivity contribution >= 4 is 5.95 Å². The number of fused-ring (bicyclic) bond motifs is 1. The fraction of sp³-hybridized carbons (Fsp3) is 0.750. The second-order valence-corrected chi connectivity index (χ2v) is 5.16. The molecule has 4 nitrogen and oxygen atoms in total. The summed E-state index contributed by atoms with van der Waals surface area (Å²) in [4.78, 5) is 7.04. The minimum atomic E-state index is 0.686. The molecule has 0 aliphatic carbocycles. The van der Waals surface area contributed by atoms with Crippen LogP contribution in [0.15, 0.2) is 6.20 Å². The van der Waals surface area contributed by atoms with Crippen molar-refractivity contribution in [1.82, 2.24) is 14.9 Å². The lowest BCUT2D eigenvalue weighted by atomic mass is 9.94. The Labute approximate surface area is 96.7 Å². The standard InChI is InChI=1S/C12H20N4/c1-9-6-15(2)12(14-9)16-7-10-4-3-5-13-11(10)8-16/h6,10-11,13H,3-5,7-8H2,1-2H3. The number of piperidine rings is 1. The summed E-state index contributed by atoms with van der Waals surface area (Å²) in [6.07, 6.45) is 4.80. The summed E-state index contributed by atoms with van der Waals surface area (Å²) >= 11 is 0. The number of nitrogens with one attached hydrogen (secondary N) is 1. The number of hydrogen-bond acceptors (Lipinski definition) is 3. The molecule has 4 heteroatoms. The Morgan fingerprint density at radius 2 is 2.31 bits per heavy atom. The minimum Gasteiger partial charge on any atom is -0.340 e. The summed E-state index contributed by atoms with van der Waals surface area (Å²) in [5.41, 5.74) is 1.11. The van der Waals surface area contributed by atoms with Crippen LogP contribution in [0.1, 0.15) is 18.5 Å². The quantitative estimate of drug-likeness (QED) is 0.764. The molecule has 0 bridgehead atoms. The van der Waals surface area contributed by atoms with Gasteiger partial charge in [0.1, 0.15) is 0 Å². The van der Waals surface area contributed by atoms with Crippen LogP contribution in [0.4, 0.5) is 5.95 Å². The monoisotopic (exact) mass is 220 g/mol. The molecular weight excluding hydrogens is 200 g/mol. The second-order valence-electron chi connectivity index (χ2n) is 5.16. The molecule has 0 saturated carbocycles. The summed E-state index contributed by atoms with van der Waals surface area (Å²) in [6, 6.07) is 0.686. The molecule has 3 rings (SSSR count). The van der Waals surface area contributed by atoms with Crippen molar-refractivity contribution < 1.29 is 0 Å². The fourth-order valence-corrected chi connectivity index (χ4v) is 3.11. The van der Waals surface area contributed by atoms with Gasteiger partial charge in [0.05, 0.1) is 5.69 Å². The minimum absolute atomic E-state index is 0.686. The van der Waals surface area contributed by atoms with E-state index in [0.717, 1.165) is 24.1 Å². The van der Waals surface area contributed by atoms with Crippen molar-refractivity contribution in [3.8, 4) is 0 Å². The number of nitrogens with zero attached hydrogens (tertiary/aromatic N) is 3. The van der Waals surface area contributed by atoms with Gasteiger partial charge in [-0.1, -0.05) is 0 Å². The Morgan fingerprint density at radius 3 is 3.00 bits per heavy atom. The molecule has 0 amide bonds. The summed E-state index contributed by atoms with van der Waals surface area (Å²) in [7, 11) is 2.09. The van der Waals surface area contributed by atoms with E-state index in [2.05, 4.69) is 39.9 Å². The summed E-state index contributed by atoms with van der Waals surface area (Å²) in [6.45, 7) is 5.54. The van der Waals surface area contributed by atoms with Crippen molar-refractivity contribution in [2.75, 3.05) is 24.5 Å². The molecule has 0 radical (unpaired) electrons. The van der Waals surface area contributed by atoms with Crippen LogP contribution in [0.3, 0.4) is 0 Å². The lowest BCUT2D eigenvalue weighted by Gasteiger charge is -2.24. The maximum absolute atomic E-state index is 4.61. The first-order valence-electron chi connectivity index (χ1n) is 6.22. The lowest BCUT2D eigenvalue weighted by molar-refractivity contribution is 0.340. The van der Waals surface area contributed by atoms with Gasteiger partial charge in [-0.25, -0.2) is 4.98 Å². The highest BCUT2D eigenvalue weighted by atomic mass is 15.3. The third kappa shape index (κ3) is 1.61. The van der Waals surface area contributed by atoms with Gasteiger partial charge in [0.25, 0.3) is 0 Å². The predicted octanol–water partition coefficient (Wildman–Crippen LogP) is 0.917. The molecule has 2 aliphatic rings. The van der Waals surface area contributed by atoms with Gasteiger partial charge in [-0.2, -0.15) is 0 Å². The maximum Gasteiger partial charge on any atom is 0.205 e. The molecule has 2 unspecified atom stereocenters.